The first-order valence-electron chi connectivity index (χ1n) is 14.6. The molecule has 4 rings (SSSR count). The maximum Gasteiger partial charge on any atom is 0.335 e. The standard InChI is InChI=1S/C36H42O5/c1-35(2,3)31-18-13-28(14-19-31)25-41-32-7-5-4-6-29(32)15-10-27(20-21-36(22-23-36)24-33(37)38)9-8-26-11-16-30(17-12-26)34(39)40/h4-7,10-19,27H,8-9,20-25H2,1-3H3,(H,37,38)(H,39,40)/b15-10+/t27-/m0/s1. The van der Waals surface area contributed by atoms with E-state index >= 15 is 0 Å². The Labute approximate surface area is 243 Å². The Hall–Kier alpha value is -3.86. The van der Waals surface area contributed by atoms with Gasteiger partial charge >= 0.3 is 11.9 Å². The molecule has 41 heavy (non-hydrogen) atoms. The third kappa shape index (κ3) is 9.07. The SMILES string of the molecule is CC(C)(C)c1ccc(COc2ccccc2/C=C/[C@H](CCc2ccc(C(=O)O)cc2)CCC2(CC(=O)O)CC2)cc1. The number of carbonyl (C=O) groups is 2. The van der Waals surface area contributed by atoms with Crippen molar-refractivity contribution in [3.8, 4) is 5.75 Å². The van der Waals surface area contributed by atoms with Crippen LogP contribution in [-0.2, 0) is 23.2 Å². The van der Waals surface area contributed by atoms with E-state index in [2.05, 4.69) is 63.3 Å². The molecule has 1 saturated carbocycles. The summed E-state index contributed by atoms with van der Waals surface area (Å²) in [6, 6.07) is 23.7. The third-order valence-electron chi connectivity index (χ3n) is 8.21. The lowest BCUT2D eigenvalue weighted by Crippen LogP contribution is -2.11. The number of allylic oxidation sites excluding steroid dienone is 1. The van der Waals surface area contributed by atoms with Crippen LogP contribution in [0.15, 0.2) is 78.9 Å². The summed E-state index contributed by atoms with van der Waals surface area (Å²) >= 11 is 0. The van der Waals surface area contributed by atoms with Gasteiger partial charge in [0.05, 0.1) is 12.0 Å². The van der Waals surface area contributed by atoms with Gasteiger partial charge in [-0.05, 0) is 90.2 Å². The summed E-state index contributed by atoms with van der Waals surface area (Å²) in [6.07, 6.45) is 10.1. The van der Waals surface area contributed by atoms with Gasteiger partial charge in [-0.15, -0.1) is 0 Å². The summed E-state index contributed by atoms with van der Waals surface area (Å²) in [5.41, 5.74) is 4.88. The van der Waals surface area contributed by atoms with E-state index in [0.717, 1.165) is 61.0 Å². The number of ether oxygens (including phenoxy) is 1. The van der Waals surface area contributed by atoms with E-state index in [1.54, 1.807) is 12.1 Å². The first-order chi connectivity index (χ1) is 19.5. The van der Waals surface area contributed by atoms with Crippen molar-refractivity contribution >= 4 is 18.0 Å². The van der Waals surface area contributed by atoms with Crippen molar-refractivity contribution in [1.29, 1.82) is 0 Å². The lowest BCUT2D eigenvalue weighted by Gasteiger charge is -2.19. The van der Waals surface area contributed by atoms with Crippen molar-refractivity contribution in [1.82, 2.24) is 0 Å². The number of aliphatic carboxylic acids is 1. The third-order valence-corrected chi connectivity index (χ3v) is 8.21. The van der Waals surface area contributed by atoms with Crippen LogP contribution < -0.4 is 4.74 Å². The number of aromatic carboxylic acids is 1. The molecule has 1 atom stereocenters. The minimum absolute atomic E-state index is 0.0510. The minimum atomic E-state index is -0.923. The van der Waals surface area contributed by atoms with Crippen molar-refractivity contribution < 1.29 is 24.5 Å². The molecule has 1 aliphatic rings. The van der Waals surface area contributed by atoms with E-state index < -0.39 is 11.9 Å². The molecule has 0 saturated heterocycles. The number of para-hydroxylation sites is 1. The first kappa shape index (κ1) is 30.1. The van der Waals surface area contributed by atoms with Gasteiger partial charge in [0.25, 0.3) is 0 Å². The molecule has 5 nitrogen and oxygen atoms in total. The maximum atomic E-state index is 11.4. The summed E-state index contributed by atoms with van der Waals surface area (Å²) in [5.74, 6) is -0.546. The van der Waals surface area contributed by atoms with Gasteiger partial charge in [-0.3, -0.25) is 4.79 Å². The average molecular weight is 555 g/mol. The summed E-state index contributed by atoms with van der Waals surface area (Å²) in [5, 5.41) is 18.6. The van der Waals surface area contributed by atoms with E-state index in [0.29, 0.717) is 6.61 Å². The van der Waals surface area contributed by atoms with E-state index in [1.165, 1.54) is 5.56 Å². The van der Waals surface area contributed by atoms with Crippen LogP contribution >= 0.6 is 0 Å². The molecule has 0 amide bonds. The molecule has 0 unspecified atom stereocenters. The molecule has 3 aromatic carbocycles. The Kier molecular flexibility index (Phi) is 9.69. The quantitative estimate of drug-likeness (QED) is 0.209. The van der Waals surface area contributed by atoms with E-state index in [4.69, 9.17) is 4.74 Å². The second-order valence-electron chi connectivity index (χ2n) is 12.5. The fourth-order valence-electron chi connectivity index (χ4n) is 5.26. The van der Waals surface area contributed by atoms with Gasteiger partial charge in [-0.2, -0.15) is 0 Å². The topological polar surface area (TPSA) is 83.8 Å². The summed E-state index contributed by atoms with van der Waals surface area (Å²) in [6.45, 7) is 7.11. The summed E-state index contributed by atoms with van der Waals surface area (Å²) < 4.78 is 6.24. The number of benzene rings is 3. The second kappa shape index (κ2) is 13.2. The van der Waals surface area contributed by atoms with Gasteiger partial charge in [0.2, 0.25) is 0 Å². The fourth-order valence-corrected chi connectivity index (χ4v) is 5.26. The molecule has 2 N–H and O–H groups in total. The van der Waals surface area contributed by atoms with Gasteiger partial charge in [0.15, 0.2) is 0 Å². The maximum absolute atomic E-state index is 11.4. The average Bonchev–Trinajstić information content (AvgIpc) is 3.70. The predicted octanol–water partition coefficient (Wildman–Crippen LogP) is 8.56. The highest BCUT2D eigenvalue weighted by Gasteiger charge is 2.43. The van der Waals surface area contributed by atoms with Gasteiger partial charge in [-0.1, -0.05) is 87.5 Å². The minimum Gasteiger partial charge on any atom is -0.488 e. The monoisotopic (exact) mass is 554 g/mol. The lowest BCUT2D eigenvalue weighted by atomic mass is 9.87. The number of rotatable bonds is 14. The number of hydrogen-bond acceptors (Lipinski definition) is 3. The smallest absolute Gasteiger partial charge is 0.335 e. The molecule has 3 aromatic rings. The van der Waals surface area contributed by atoms with Crippen LogP contribution in [0.25, 0.3) is 6.08 Å². The molecule has 0 bridgehead atoms. The first-order valence-corrected chi connectivity index (χ1v) is 14.6. The van der Waals surface area contributed by atoms with Crippen molar-refractivity contribution in [2.24, 2.45) is 11.3 Å². The highest BCUT2D eigenvalue weighted by molar-refractivity contribution is 5.87. The molecule has 0 aromatic heterocycles. The zero-order valence-electron chi connectivity index (χ0n) is 24.4. The molecule has 216 valence electrons. The zero-order chi connectivity index (χ0) is 29.5. The van der Waals surface area contributed by atoms with Crippen LogP contribution in [0.2, 0.25) is 0 Å². The van der Waals surface area contributed by atoms with E-state index in [1.807, 2.05) is 30.3 Å². The predicted molar refractivity (Wildman–Crippen MR) is 163 cm³/mol. The lowest BCUT2D eigenvalue weighted by molar-refractivity contribution is -0.138. The molecule has 0 spiro atoms. The number of carboxylic acid groups (broad SMARTS) is 2. The van der Waals surface area contributed by atoms with Crippen molar-refractivity contribution in [3.63, 3.8) is 0 Å². The summed E-state index contributed by atoms with van der Waals surface area (Å²) in [4.78, 5) is 22.6. The van der Waals surface area contributed by atoms with Crippen molar-refractivity contribution in [2.75, 3.05) is 0 Å². The van der Waals surface area contributed by atoms with Gasteiger partial charge < -0.3 is 14.9 Å². The van der Waals surface area contributed by atoms with Crippen molar-refractivity contribution in [3.05, 3.63) is 107 Å². The number of carboxylic acids is 2. The summed E-state index contributed by atoms with van der Waals surface area (Å²) in [7, 11) is 0. The Bertz CT molecular complexity index is 1340. The van der Waals surface area contributed by atoms with E-state index in [-0.39, 0.29) is 28.7 Å². The molecular formula is C36H42O5. The number of hydrogen-bond donors (Lipinski definition) is 2. The largest absolute Gasteiger partial charge is 0.488 e. The zero-order valence-corrected chi connectivity index (χ0v) is 24.4. The van der Waals surface area contributed by atoms with Crippen LogP contribution in [0.1, 0.15) is 91.9 Å². The molecule has 0 heterocycles. The highest BCUT2D eigenvalue weighted by atomic mass is 16.5. The van der Waals surface area contributed by atoms with Crippen LogP contribution in [-0.4, -0.2) is 22.2 Å². The van der Waals surface area contributed by atoms with Crippen LogP contribution in [0.3, 0.4) is 0 Å². The molecule has 0 aliphatic heterocycles. The number of aryl methyl sites for hydroxylation is 1. The Morgan fingerprint density at radius 3 is 2.17 bits per heavy atom. The fraction of sp³-hybridized carbons (Fsp3) is 0.389. The Morgan fingerprint density at radius 1 is 0.902 bits per heavy atom. The van der Waals surface area contributed by atoms with Crippen LogP contribution in [0, 0.1) is 11.3 Å². The van der Waals surface area contributed by atoms with Crippen LogP contribution in [0.4, 0.5) is 0 Å². The molecule has 5 heteroatoms. The second-order valence-corrected chi connectivity index (χ2v) is 12.5. The van der Waals surface area contributed by atoms with Crippen LogP contribution in [0.5, 0.6) is 5.75 Å². The normalized spacial score (nSPS) is 15.0. The van der Waals surface area contributed by atoms with E-state index in [9.17, 15) is 19.8 Å². The highest BCUT2D eigenvalue weighted by Crippen LogP contribution is 2.53. The Balaban J connectivity index is 1.44. The van der Waals surface area contributed by atoms with Gasteiger partial charge in [-0.25, -0.2) is 4.79 Å². The Morgan fingerprint density at radius 2 is 1.56 bits per heavy atom. The van der Waals surface area contributed by atoms with Gasteiger partial charge in [0, 0.05) is 5.56 Å². The molecular weight excluding hydrogens is 512 g/mol. The molecule has 0 radical (unpaired) electrons. The molecule has 1 aliphatic carbocycles. The van der Waals surface area contributed by atoms with Crippen molar-refractivity contribution in [2.45, 2.75) is 77.7 Å². The molecule has 1 fully saturated rings. The van der Waals surface area contributed by atoms with Gasteiger partial charge in [0.1, 0.15) is 12.4 Å².